The van der Waals surface area contributed by atoms with Crippen LogP contribution in [0, 0.1) is 11.3 Å². The maximum Gasteiger partial charge on any atom is 0.326 e. The number of nitrogens with one attached hydrogen (secondary N) is 17. The highest BCUT2D eigenvalue weighted by atomic mass is 32.2. The molecule has 3 heterocycles. The van der Waals surface area contributed by atoms with Crippen LogP contribution in [0.15, 0.2) is 73.3 Å². The summed E-state index contributed by atoms with van der Waals surface area (Å²) in [6.07, 6.45) is 1.13. The van der Waals surface area contributed by atoms with Gasteiger partial charge in [0.25, 0.3) is 0 Å². The van der Waals surface area contributed by atoms with E-state index >= 15 is 0 Å². The number of aliphatic carboxylic acids is 3. The summed E-state index contributed by atoms with van der Waals surface area (Å²) in [4.78, 5) is 261. The number of aliphatic hydroxyl groups is 1. The summed E-state index contributed by atoms with van der Waals surface area (Å²) in [6.45, 7) is 6.07. The van der Waals surface area contributed by atoms with Gasteiger partial charge in [0.2, 0.25) is 88.6 Å². The van der Waals surface area contributed by atoms with Crippen LogP contribution in [0.25, 0.3) is 10.9 Å². The van der Waals surface area contributed by atoms with Gasteiger partial charge in [-0.25, -0.2) is 9.78 Å². The van der Waals surface area contributed by atoms with E-state index in [1.807, 2.05) is 0 Å². The largest absolute Gasteiger partial charge is 0.481 e. The Morgan fingerprint density at radius 2 is 1.06 bits per heavy atom. The van der Waals surface area contributed by atoms with Gasteiger partial charge >= 0.3 is 17.9 Å². The van der Waals surface area contributed by atoms with Crippen LogP contribution in [0.3, 0.4) is 0 Å². The van der Waals surface area contributed by atoms with E-state index < -0.39 is 229 Å². The summed E-state index contributed by atoms with van der Waals surface area (Å²) in [5.41, 5.74) is 30.8. The van der Waals surface area contributed by atoms with Gasteiger partial charge in [0.05, 0.1) is 37.0 Å². The van der Waals surface area contributed by atoms with Gasteiger partial charge in [0.15, 0.2) is 5.96 Å². The molecule has 1 aliphatic heterocycles. The molecule has 4 aromatic rings. The molecule has 1 saturated heterocycles. The molecule has 0 bridgehead atoms. The quantitative estimate of drug-likeness (QED) is 0.00848. The molecule has 46 nitrogen and oxygen atoms in total. The Morgan fingerprint density at radius 1 is 0.542 bits per heavy atom. The summed E-state index contributed by atoms with van der Waals surface area (Å²) in [5, 5.41) is 84.0. The van der Waals surface area contributed by atoms with E-state index in [1.54, 1.807) is 80.9 Å². The number of H-pyrrole nitrogens is 2. The Labute approximate surface area is 765 Å². The minimum absolute atomic E-state index is 0.0809. The number of thiol groups is 1. The number of likely N-dealkylation sites (tertiary alicyclic amines) is 1. The Balaban J connectivity index is 1.31. The van der Waals surface area contributed by atoms with Crippen molar-refractivity contribution in [1.29, 1.82) is 5.41 Å². The predicted molar refractivity (Wildman–Crippen MR) is 481 cm³/mol. The molecule has 722 valence electrons. The van der Waals surface area contributed by atoms with Gasteiger partial charge in [-0.3, -0.25) is 86.9 Å². The van der Waals surface area contributed by atoms with E-state index in [0.717, 1.165) is 4.90 Å². The number of thioether (sulfide) groups is 1. The molecule has 2 aromatic heterocycles. The number of carboxylic acids is 3. The molecule has 1 fully saturated rings. The van der Waals surface area contributed by atoms with Gasteiger partial charge < -0.3 is 138 Å². The number of para-hydroxylation sites is 1. The number of aliphatic hydroxyl groups excluding tert-OH is 1. The molecule has 2 aromatic carbocycles. The maximum absolute atomic E-state index is 14.8. The van der Waals surface area contributed by atoms with Crippen LogP contribution in [-0.4, -0.2) is 293 Å². The average molecular weight is 1880 g/mol. The van der Waals surface area contributed by atoms with Gasteiger partial charge in [0, 0.05) is 67.8 Å². The number of aromatic nitrogens is 3. The first-order valence-electron chi connectivity index (χ1n) is 43.0. The van der Waals surface area contributed by atoms with Crippen molar-refractivity contribution in [3.63, 3.8) is 0 Å². The van der Waals surface area contributed by atoms with E-state index in [4.69, 9.17) is 34.1 Å². The number of nitrogens with two attached hydrogens (primary N) is 5. The number of hydrogen-bond donors (Lipinski definition) is 27. The van der Waals surface area contributed by atoms with Crippen molar-refractivity contribution < 1.29 is 107 Å². The van der Waals surface area contributed by atoms with Gasteiger partial charge in [-0.2, -0.15) is 24.4 Å². The molecule has 0 spiro atoms. The van der Waals surface area contributed by atoms with Crippen LogP contribution < -0.4 is 103 Å². The van der Waals surface area contributed by atoms with Crippen LogP contribution in [0.4, 0.5) is 0 Å². The Bertz CT molecular complexity index is 4550. The van der Waals surface area contributed by atoms with E-state index in [1.165, 1.54) is 38.1 Å². The lowest BCUT2D eigenvalue weighted by molar-refractivity contribution is -0.144. The Morgan fingerprint density at radius 3 is 1.63 bits per heavy atom. The number of aromatic amines is 2. The number of carbonyl (C=O) groups is 18. The second kappa shape index (κ2) is 56.1. The molecule has 5 rings (SSSR count). The van der Waals surface area contributed by atoms with Crippen LogP contribution in [0.1, 0.15) is 147 Å². The third-order valence-corrected chi connectivity index (χ3v) is 22.1. The van der Waals surface area contributed by atoms with Crippen molar-refractivity contribution in [3.8, 4) is 0 Å². The number of guanidine groups is 1. The van der Waals surface area contributed by atoms with Crippen molar-refractivity contribution >= 4 is 148 Å². The normalized spacial score (nSPS) is 15.8. The van der Waals surface area contributed by atoms with Gasteiger partial charge in [-0.1, -0.05) is 62.4 Å². The van der Waals surface area contributed by atoms with Crippen LogP contribution >= 0.6 is 24.4 Å². The summed E-state index contributed by atoms with van der Waals surface area (Å²) >= 11 is 5.42. The van der Waals surface area contributed by atoms with Crippen molar-refractivity contribution in [2.45, 2.75) is 246 Å². The summed E-state index contributed by atoms with van der Waals surface area (Å²) in [7, 11) is 0. The lowest BCUT2D eigenvalue weighted by atomic mass is 9.99. The van der Waals surface area contributed by atoms with Crippen molar-refractivity contribution in [2.24, 2.45) is 34.6 Å². The SMILES string of the molecule is CSCC[C@H](NC(=O)[C@H](CCC(=O)O)NC(=O)[C@H](C)NC(=O)[C@H](CS)NC(=O)[C@H](Cc1c[nH]cn1)NC(=O)[C@@H](N)CCCNC(=N)N)C(=O)N[C@@H](CC(N)=O)C(=O)N1CCC[C@H]1C(=O)N[C@@H](CCCCN)C(=O)N[C@@H](CC(=O)O)C(=O)N[C@@H](CCCCN)C(=O)N[C@@H](Cc1ccccc1)C(=O)N[C@@H](CC(C)C)C(=O)N[C@H](C(=O)N[C@@H](Cc1c[nH]c2ccccc12)C(=O)O)[C@@H](C)O. The van der Waals surface area contributed by atoms with Crippen molar-refractivity contribution in [3.05, 3.63) is 90.1 Å². The Kier molecular flexibility index (Phi) is 46.7. The molecule has 48 heteroatoms. The lowest BCUT2D eigenvalue weighted by Crippen LogP contribution is -2.61. The Hall–Kier alpha value is -12.5. The maximum atomic E-state index is 14.8. The lowest BCUT2D eigenvalue weighted by Gasteiger charge is -2.31. The molecule has 0 unspecified atom stereocenters. The highest BCUT2D eigenvalue weighted by Crippen LogP contribution is 2.23. The number of fused-ring (bicyclic) bond motifs is 1. The van der Waals surface area contributed by atoms with Gasteiger partial charge in [-0.05, 0) is 146 Å². The molecule has 131 heavy (non-hydrogen) atoms. The molecule has 1 aliphatic rings. The molecule has 15 amide bonds. The molecule has 0 radical (unpaired) electrons. The van der Waals surface area contributed by atoms with Gasteiger partial charge in [-0.15, -0.1) is 0 Å². The number of benzene rings is 2. The van der Waals surface area contributed by atoms with E-state index in [0.29, 0.717) is 34.1 Å². The number of nitrogens with zero attached hydrogens (tertiary/aromatic N) is 2. The molecule has 16 atom stereocenters. The van der Waals surface area contributed by atoms with Crippen LogP contribution in [0.2, 0.25) is 0 Å². The number of rotatable bonds is 60. The minimum Gasteiger partial charge on any atom is -0.481 e. The number of hydrogen-bond acceptors (Lipinski definition) is 26. The first kappa shape index (κ1) is 109. The van der Waals surface area contributed by atoms with Crippen molar-refractivity contribution in [1.82, 2.24) is 94.3 Å². The number of imidazole rings is 1. The second-order valence-electron chi connectivity index (χ2n) is 32.1. The van der Waals surface area contributed by atoms with E-state index in [9.17, 15) is 107 Å². The van der Waals surface area contributed by atoms with E-state index in [-0.39, 0.29) is 139 Å². The zero-order chi connectivity index (χ0) is 97.1. The number of unbranched alkanes of at least 4 members (excludes halogenated alkanes) is 2. The fourth-order valence-electron chi connectivity index (χ4n) is 14.1. The highest BCUT2D eigenvalue weighted by Gasteiger charge is 2.43. The highest BCUT2D eigenvalue weighted by molar-refractivity contribution is 7.98. The number of amides is 15. The molecular formula is C83H126N24O22S2. The second-order valence-corrected chi connectivity index (χ2v) is 33.5. The summed E-state index contributed by atoms with van der Waals surface area (Å²) < 4.78 is 0. The van der Waals surface area contributed by atoms with Crippen molar-refractivity contribution in [2.75, 3.05) is 43.9 Å². The summed E-state index contributed by atoms with van der Waals surface area (Å²) in [5.74, 6) is -20.7. The predicted octanol–water partition coefficient (Wildman–Crippen LogP) is -5.51. The topological polar surface area (TPSA) is 758 Å². The number of carboxylic acid groups (broad SMARTS) is 3. The first-order chi connectivity index (χ1) is 62.2. The molecule has 31 N–H and O–H groups in total. The zero-order valence-electron chi connectivity index (χ0n) is 73.7. The monoisotopic (exact) mass is 1870 g/mol. The third-order valence-electron chi connectivity index (χ3n) is 21.1. The third kappa shape index (κ3) is 37.5. The van der Waals surface area contributed by atoms with Crippen LogP contribution in [-0.2, 0) is 106 Å². The van der Waals surface area contributed by atoms with E-state index in [2.05, 4.69) is 102 Å². The average Bonchev–Trinajstić information content (AvgIpc) is 1.70. The fraction of sp³-hybridized carbons (Fsp3) is 0.566. The molecule has 0 saturated carbocycles. The van der Waals surface area contributed by atoms with Crippen LogP contribution in [0.5, 0.6) is 0 Å². The standard InChI is InChI=1S/C83H126N24O22S2/c1-43(2)33-56(77(123)106-67(45(4)108)80(126)104-61(82(128)129)35-47-39-92-51-21-10-9-19-49(47)51)100-74(120)57(34-46-17-7-6-8-18-46)101-70(116)52(22-11-13-28-84)96-76(122)59(38-66(112)113)102-71(117)53(23-12-14-29-85)98-79(125)63-24-16-31-107(63)81(127)60(37-64(87)109)103-73(119)55(27-32-131-5)97-72(118)54(25-26-65(110)111)95-68(114)44(3)94-78(124)62(41-130)105-75(121)58(36-48-40-90-42-93-48)99-69(115)50(86)20-15-30-91-83(88)89/h6-10,17-19,21,39-40,42-45,50,52-63,67,92,108,130H,11-16,20,22-38,41,84-86H2,1-5H3,(H2,87,109)(H,90,93)(H,94,124)(H,95,114)(H,96,122)(H,97,118)(H,98,125)(H,99,115)(H,100,120)(H,101,116)(H,102,117)(H,103,119)(H,104,126)(H,105,121)(H,106,123)(H,110,111)(H,112,113)(H,128,129)(H4,88,89,91)/t44-,45+,50-,52-,53-,54-,55-,56-,57-,58-,59-,60-,61-,62-,63-,67-/m0/s1. The summed E-state index contributed by atoms with van der Waals surface area (Å²) in [6, 6.07) is -8.31. The first-order valence-corrected chi connectivity index (χ1v) is 45.0. The smallest absolute Gasteiger partial charge is 0.326 e. The minimum atomic E-state index is -2.00. The number of carbonyl (C=O) groups excluding carboxylic acids is 15. The zero-order valence-corrected chi connectivity index (χ0v) is 75.4. The fourth-order valence-corrected chi connectivity index (χ4v) is 14.8. The molecule has 0 aliphatic carbocycles. The van der Waals surface area contributed by atoms with Gasteiger partial charge in [0.1, 0.15) is 84.6 Å². The molecular weight excluding hydrogens is 1750 g/mol. The number of primary amides is 1.